The molecular formula is C26H17N2O3PS4. The van der Waals surface area contributed by atoms with Crippen LogP contribution in [0.1, 0.15) is 0 Å². The van der Waals surface area contributed by atoms with Gasteiger partial charge in [0.05, 0.1) is 11.4 Å². The second-order valence-corrected chi connectivity index (χ2v) is 14.0. The van der Waals surface area contributed by atoms with Gasteiger partial charge in [0.15, 0.2) is 0 Å². The highest BCUT2D eigenvalue weighted by Gasteiger charge is 2.20. The van der Waals surface area contributed by atoms with Crippen LogP contribution >= 0.6 is 52.9 Å². The van der Waals surface area contributed by atoms with E-state index in [0.717, 1.165) is 42.9 Å². The summed E-state index contributed by atoms with van der Waals surface area (Å²) >= 11 is 6.27. The zero-order valence-corrected chi connectivity index (χ0v) is 22.6. The molecule has 0 aromatic carbocycles. The Balaban J connectivity index is 1.24. The first-order valence-corrected chi connectivity index (χ1v) is 15.7. The highest BCUT2D eigenvalue weighted by molar-refractivity contribution is 7.67. The predicted octanol–water partition coefficient (Wildman–Crippen LogP) is 7.86. The fourth-order valence-corrected chi connectivity index (χ4v) is 8.76. The first-order chi connectivity index (χ1) is 17.4. The Kier molecular flexibility index (Phi) is 6.31. The van der Waals surface area contributed by atoms with E-state index < -0.39 is 7.60 Å². The van der Waals surface area contributed by atoms with Gasteiger partial charge in [-0.3, -0.25) is 14.5 Å². The molecule has 0 saturated carbocycles. The standard InChI is InChI=1S/C26H17N2O3PS4/c29-32(30,31)26-11-10-25(36-26)24-9-8-23(35-24)22-7-6-21(34-22)20-5-4-19(33-20)16-12-14-28-18(15-16)17-3-1-2-13-27-17/h1-15H,(H2,29,30,31). The van der Waals surface area contributed by atoms with Crippen molar-refractivity contribution >= 4 is 57.6 Å². The number of nitrogens with zero attached hydrogens (tertiary/aromatic N) is 2. The normalized spacial score (nSPS) is 11.7. The Hall–Kier alpha value is -2.75. The van der Waals surface area contributed by atoms with Crippen LogP contribution in [-0.2, 0) is 4.57 Å². The summed E-state index contributed by atoms with van der Waals surface area (Å²) < 4.78 is 11.6. The van der Waals surface area contributed by atoms with Gasteiger partial charge in [-0.1, -0.05) is 6.07 Å². The summed E-state index contributed by atoms with van der Waals surface area (Å²) in [5.74, 6) is 0. The number of rotatable bonds is 6. The number of thiophene rings is 4. The van der Waals surface area contributed by atoms with E-state index in [2.05, 4.69) is 46.4 Å². The van der Waals surface area contributed by atoms with Gasteiger partial charge in [-0.15, -0.1) is 45.3 Å². The topological polar surface area (TPSA) is 83.3 Å². The Bertz CT molecular complexity index is 1710. The summed E-state index contributed by atoms with van der Waals surface area (Å²) in [6.45, 7) is 0. The van der Waals surface area contributed by atoms with Crippen molar-refractivity contribution in [2.24, 2.45) is 0 Å². The van der Waals surface area contributed by atoms with Crippen LogP contribution < -0.4 is 4.62 Å². The average molecular weight is 565 g/mol. The van der Waals surface area contributed by atoms with Crippen LogP contribution in [0.4, 0.5) is 0 Å². The first kappa shape index (κ1) is 23.6. The minimum atomic E-state index is -4.22. The maximum absolute atomic E-state index is 11.5. The van der Waals surface area contributed by atoms with Crippen LogP contribution in [0.2, 0.25) is 0 Å². The summed E-state index contributed by atoms with van der Waals surface area (Å²) in [6, 6.07) is 25.9. The lowest BCUT2D eigenvalue weighted by Crippen LogP contribution is -1.94. The molecule has 0 radical (unpaired) electrons. The molecule has 5 nitrogen and oxygen atoms in total. The third-order valence-electron chi connectivity index (χ3n) is 5.40. The van der Waals surface area contributed by atoms with Crippen molar-refractivity contribution in [3.05, 3.63) is 91.3 Å². The van der Waals surface area contributed by atoms with Crippen molar-refractivity contribution in [3.63, 3.8) is 0 Å². The van der Waals surface area contributed by atoms with Crippen molar-refractivity contribution in [1.82, 2.24) is 9.97 Å². The highest BCUT2D eigenvalue weighted by Crippen LogP contribution is 2.45. The van der Waals surface area contributed by atoms with Gasteiger partial charge >= 0.3 is 7.60 Å². The lowest BCUT2D eigenvalue weighted by atomic mass is 10.1. The number of hydrogen-bond acceptors (Lipinski definition) is 7. The van der Waals surface area contributed by atoms with Crippen LogP contribution in [0.3, 0.4) is 0 Å². The summed E-state index contributed by atoms with van der Waals surface area (Å²) in [6.07, 6.45) is 3.60. The van der Waals surface area contributed by atoms with E-state index in [-0.39, 0.29) is 4.62 Å². The smallest absolute Gasteiger partial charge is 0.320 e. The molecule has 36 heavy (non-hydrogen) atoms. The maximum atomic E-state index is 11.5. The molecule has 0 unspecified atom stereocenters. The highest BCUT2D eigenvalue weighted by atomic mass is 32.1. The van der Waals surface area contributed by atoms with Crippen LogP contribution in [0, 0.1) is 0 Å². The Morgan fingerprint density at radius 1 is 0.556 bits per heavy atom. The second kappa shape index (κ2) is 9.61. The minimum Gasteiger partial charge on any atom is -0.320 e. The van der Waals surface area contributed by atoms with Gasteiger partial charge < -0.3 is 9.79 Å². The molecule has 6 heterocycles. The summed E-state index contributed by atoms with van der Waals surface area (Å²) in [7, 11) is -4.22. The van der Waals surface area contributed by atoms with Gasteiger partial charge in [0.25, 0.3) is 0 Å². The monoisotopic (exact) mass is 564 g/mol. The van der Waals surface area contributed by atoms with Crippen LogP contribution in [0.5, 0.6) is 0 Å². The molecule has 0 fully saturated rings. The summed E-state index contributed by atoms with van der Waals surface area (Å²) in [5, 5.41) is 0. The van der Waals surface area contributed by atoms with Crippen molar-refractivity contribution in [2.45, 2.75) is 0 Å². The molecule has 0 saturated heterocycles. The van der Waals surface area contributed by atoms with Gasteiger partial charge in [-0.25, -0.2) is 0 Å². The molecule has 0 aliphatic heterocycles. The second-order valence-electron chi connectivity index (χ2n) is 7.82. The SMILES string of the molecule is O=P(O)(O)c1ccc(-c2ccc(-c3ccc(-c4ccc(-c5ccnc(-c6ccccn6)c5)s4)s3)s2)s1. The third kappa shape index (κ3) is 4.79. The lowest BCUT2D eigenvalue weighted by Gasteiger charge is -2.02. The van der Waals surface area contributed by atoms with E-state index >= 15 is 0 Å². The predicted molar refractivity (Wildman–Crippen MR) is 152 cm³/mol. The molecule has 0 aliphatic rings. The van der Waals surface area contributed by atoms with E-state index in [1.807, 2.05) is 36.5 Å². The Labute approximate surface area is 223 Å². The van der Waals surface area contributed by atoms with Gasteiger partial charge in [0.1, 0.15) is 4.62 Å². The molecule has 6 aromatic rings. The minimum absolute atomic E-state index is 0.0979. The molecule has 178 valence electrons. The van der Waals surface area contributed by atoms with Gasteiger partial charge in [0, 0.05) is 46.5 Å². The number of hydrogen-bond donors (Lipinski definition) is 2. The fraction of sp³-hybridized carbons (Fsp3) is 0. The third-order valence-corrected chi connectivity index (χ3v) is 11.9. The van der Waals surface area contributed by atoms with Gasteiger partial charge in [-0.2, -0.15) is 0 Å². The lowest BCUT2D eigenvalue weighted by molar-refractivity contribution is 0.388. The molecule has 0 amide bonds. The molecule has 10 heteroatoms. The molecule has 6 aromatic heterocycles. The molecule has 0 aliphatic carbocycles. The van der Waals surface area contributed by atoms with Crippen molar-refractivity contribution < 1.29 is 14.4 Å². The van der Waals surface area contributed by atoms with E-state index in [1.165, 1.54) is 25.6 Å². The number of aromatic nitrogens is 2. The van der Waals surface area contributed by atoms with Gasteiger partial charge in [-0.05, 0) is 78.4 Å². The van der Waals surface area contributed by atoms with Crippen LogP contribution in [0.15, 0.2) is 91.3 Å². The average Bonchev–Trinajstić information content (AvgIpc) is 3.69. The summed E-state index contributed by atoms with van der Waals surface area (Å²) in [5.41, 5.74) is 2.83. The van der Waals surface area contributed by atoms with Crippen LogP contribution in [-0.4, -0.2) is 19.8 Å². The Morgan fingerprint density at radius 2 is 1.08 bits per heavy atom. The van der Waals surface area contributed by atoms with Crippen LogP contribution in [0.25, 0.3) is 51.1 Å². The molecule has 6 rings (SSSR count). The van der Waals surface area contributed by atoms with Crippen molar-refractivity contribution in [1.29, 1.82) is 0 Å². The van der Waals surface area contributed by atoms with Crippen molar-refractivity contribution in [3.8, 4) is 51.1 Å². The molecule has 0 atom stereocenters. The molecule has 0 spiro atoms. The van der Waals surface area contributed by atoms with E-state index in [4.69, 9.17) is 0 Å². The molecule has 0 bridgehead atoms. The zero-order chi connectivity index (χ0) is 24.7. The zero-order valence-electron chi connectivity index (χ0n) is 18.4. The fourth-order valence-electron chi connectivity index (χ4n) is 3.69. The quantitative estimate of drug-likeness (QED) is 0.201. The first-order valence-electron chi connectivity index (χ1n) is 10.8. The Morgan fingerprint density at radius 3 is 1.64 bits per heavy atom. The molecule has 2 N–H and O–H groups in total. The maximum Gasteiger partial charge on any atom is 0.366 e. The number of pyridine rings is 2. The van der Waals surface area contributed by atoms with E-state index in [9.17, 15) is 14.4 Å². The molecular weight excluding hydrogens is 548 g/mol. The largest absolute Gasteiger partial charge is 0.366 e. The van der Waals surface area contributed by atoms with Gasteiger partial charge in [0.2, 0.25) is 0 Å². The summed E-state index contributed by atoms with van der Waals surface area (Å²) in [4.78, 5) is 35.5. The van der Waals surface area contributed by atoms with E-state index in [1.54, 1.807) is 46.3 Å². The van der Waals surface area contributed by atoms with E-state index in [0.29, 0.717) is 0 Å². The van der Waals surface area contributed by atoms with Crippen molar-refractivity contribution in [2.75, 3.05) is 0 Å².